The molecule has 0 bridgehead atoms. The van der Waals surface area contributed by atoms with Gasteiger partial charge in [0.1, 0.15) is 5.69 Å². The van der Waals surface area contributed by atoms with Crippen molar-refractivity contribution < 1.29 is 14.3 Å². The van der Waals surface area contributed by atoms with E-state index in [1.165, 1.54) is 0 Å². The first-order valence-corrected chi connectivity index (χ1v) is 12.4. The first-order valence-electron chi connectivity index (χ1n) is 12.4. The van der Waals surface area contributed by atoms with Crippen LogP contribution >= 0.6 is 0 Å². The van der Waals surface area contributed by atoms with Crippen LogP contribution in [0.2, 0.25) is 0 Å². The van der Waals surface area contributed by atoms with Gasteiger partial charge < -0.3 is 20.3 Å². The number of ketones is 1. The molecule has 9 heteroatoms. The molecule has 9 nitrogen and oxygen atoms in total. The van der Waals surface area contributed by atoms with Crippen molar-refractivity contribution in [3.63, 3.8) is 0 Å². The summed E-state index contributed by atoms with van der Waals surface area (Å²) in [5.41, 5.74) is 10.5. The second kappa shape index (κ2) is 10.8. The summed E-state index contributed by atoms with van der Waals surface area (Å²) in [6.45, 7) is 4.26. The lowest BCUT2D eigenvalue weighted by Crippen LogP contribution is -2.37. The highest BCUT2D eigenvalue weighted by molar-refractivity contribution is 6.00. The van der Waals surface area contributed by atoms with Gasteiger partial charge in [0.15, 0.2) is 11.6 Å². The van der Waals surface area contributed by atoms with Crippen molar-refractivity contribution >= 4 is 23.2 Å². The molecule has 0 spiro atoms. The number of nitrogens with zero attached hydrogens (tertiary/aromatic N) is 5. The Kier molecular flexibility index (Phi) is 7.18. The number of piperidine rings is 1. The molecule has 2 saturated heterocycles. The molecule has 5 rings (SSSR count). The van der Waals surface area contributed by atoms with Gasteiger partial charge in [-0.05, 0) is 24.5 Å². The number of morpholine rings is 1. The number of amides is 1. The Balaban J connectivity index is 1.32. The normalized spacial score (nSPS) is 16.3. The number of nitrogen functional groups attached to an aromatic ring is 1. The Hall–Kier alpha value is -3.85. The first-order chi connectivity index (χ1) is 17.6. The Morgan fingerprint density at radius 1 is 1.03 bits per heavy atom. The number of ether oxygens (including phenoxy) is 1. The Morgan fingerprint density at radius 3 is 2.61 bits per heavy atom. The number of likely N-dealkylation sites (tertiary alicyclic amines) is 1. The molecule has 0 radical (unpaired) electrons. The number of rotatable bonds is 7. The minimum absolute atomic E-state index is 0.112. The third-order valence-electron chi connectivity index (χ3n) is 6.69. The Bertz CT molecular complexity index is 1240. The van der Waals surface area contributed by atoms with Crippen molar-refractivity contribution in [1.82, 2.24) is 19.9 Å². The average Bonchev–Trinajstić information content (AvgIpc) is 2.91. The first kappa shape index (κ1) is 23.9. The van der Waals surface area contributed by atoms with E-state index < -0.39 is 0 Å². The maximum Gasteiger partial charge on any atom is 0.222 e. The van der Waals surface area contributed by atoms with Gasteiger partial charge in [-0.25, -0.2) is 9.97 Å². The monoisotopic (exact) mass is 486 g/mol. The molecule has 2 fully saturated rings. The van der Waals surface area contributed by atoms with E-state index in [0.717, 1.165) is 54.9 Å². The fraction of sp³-hybridized carbons (Fsp3) is 0.370. The van der Waals surface area contributed by atoms with Crippen LogP contribution in [0.5, 0.6) is 0 Å². The number of carbonyl (C=O) groups excluding carboxylic acids is 2. The maximum atomic E-state index is 13.3. The molecule has 0 unspecified atom stereocenters. The molecule has 0 aliphatic carbocycles. The number of nitrogens with two attached hydrogens (primary N) is 1. The Labute approximate surface area is 210 Å². The van der Waals surface area contributed by atoms with E-state index in [0.29, 0.717) is 31.9 Å². The van der Waals surface area contributed by atoms with E-state index >= 15 is 0 Å². The zero-order chi connectivity index (χ0) is 24.9. The molecule has 2 aliphatic rings. The molecule has 1 amide bonds. The van der Waals surface area contributed by atoms with Gasteiger partial charge in [-0.1, -0.05) is 24.3 Å². The fourth-order valence-corrected chi connectivity index (χ4v) is 4.70. The van der Waals surface area contributed by atoms with Crippen LogP contribution in [0.4, 0.5) is 11.5 Å². The summed E-state index contributed by atoms with van der Waals surface area (Å²) < 4.78 is 5.46. The minimum Gasteiger partial charge on any atom is -0.382 e. The Morgan fingerprint density at radius 2 is 1.83 bits per heavy atom. The van der Waals surface area contributed by atoms with Gasteiger partial charge in [-0.3, -0.25) is 14.6 Å². The molecular weight excluding hydrogens is 456 g/mol. The molecule has 2 N–H and O–H groups in total. The number of aromatic nitrogens is 3. The lowest BCUT2D eigenvalue weighted by atomic mass is 10.0. The number of Topliss-reactive ketones (excluding diaryl/α,β-unsaturated/α-hetero) is 1. The number of hydrogen-bond acceptors (Lipinski definition) is 8. The second-order valence-electron chi connectivity index (χ2n) is 9.16. The summed E-state index contributed by atoms with van der Waals surface area (Å²) in [4.78, 5) is 42.6. The van der Waals surface area contributed by atoms with Crippen LogP contribution in [0.15, 0.2) is 48.9 Å². The van der Waals surface area contributed by atoms with Gasteiger partial charge in [0, 0.05) is 68.2 Å². The average molecular weight is 487 g/mol. The number of hydrogen-bond donors (Lipinski definition) is 1. The number of anilines is 2. The van der Waals surface area contributed by atoms with E-state index in [1.807, 2.05) is 35.2 Å². The smallest absolute Gasteiger partial charge is 0.222 e. The van der Waals surface area contributed by atoms with E-state index in [4.69, 9.17) is 10.5 Å². The molecule has 1 aromatic carbocycles. The highest BCUT2D eigenvalue weighted by Crippen LogP contribution is 2.25. The van der Waals surface area contributed by atoms with Gasteiger partial charge >= 0.3 is 0 Å². The van der Waals surface area contributed by atoms with E-state index in [-0.39, 0.29) is 29.6 Å². The topological polar surface area (TPSA) is 115 Å². The SMILES string of the molecule is Nc1ncc(-c2ccc(CN3CCCCC3=O)cc2)nc1C(=O)Cc1cnccc1N1CCOCC1. The fourth-order valence-electron chi connectivity index (χ4n) is 4.70. The van der Waals surface area contributed by atoms with Crippen LogP contribution < -0.4 is 10.6 Å². The van der Waals surface area contributed by atoms with Crippen molar-refractivity contribution in [2.75, 3.05) is 43.5 Å². The maximum absolute atomic E-state index is 13.3. The summed E-state index contributed by atoms with van der Waals surface area (Å²) in [6.07, 6.45) is 7.82. The molecule has 0 atom stereocenters. The highest BCUT2D eigenvalue weighted by atomic mass is 16.5. The van der Waals surface area contributed by atoms with Crippen LogP contribution in [0.3, 0.4) is 0 Å². The molecule has 2 aliphatic heterocycles. The number of carbonyl (C=O) groups is 2. The summed E-state index contributed by atoms with van der Waals surface area (Å²) in [6, 6.07) is 9.78. The molecule has 186 valence electrons. The summed E-state index contributed by atoms with van der Waals surface area (Å²) in [5, 5.41) is 0. The van der Waals surface area contributed by atoms with Crippen LogP contribution in [0.1, 0.15) is 40.9 Å². The predicted octanol–water partition coefficient (Wildman–Crippen LogP) is 2.90. The van der Waals surface area contributed by atoms with E-state index in [1.54, 1.807) is 18.6 Å². The molecule has 4 heterocycles. The van der Waals surface area contributed by atoms with Crippen molar-refractivity contribution in [3.8, 4) is 11.3 Å². The van der Waals surface area contributed by atoms with E-state index in [2.05, 4.69) is 19.9 Å². The van der Waals surface area contributed by atoms with Gasteiger partial charge in [-0.15, -0.1) is 0 Å². The second-order valence-corrected chi connectivity index (χ2v) is 9.16. The van der Waals surface area contributed by atoms with Gasteiger partial charge in [-0.2, -0.15) is 0 Å². The summed E-state index contributed by atoms with van der Waals surface area (Å²) in [7, 11) is 0. The summed E-state index contributed by atoms with van der Waals surface area (Å²) >= 11 is 0. The van der Waals surface area contributed by atoms with E-state index in [9.17, 15) is 9.59 Å². The van der Waals surface area contributed by atoms with Crippen molar-refractivity contribution in [2.24, 2.45) is 0 Å². The van der Waals surface area contributed by atoms with Crippen LogP contribution in [0, 0.1) is 0 Å². The lowest BCUT2D eigenvalue weighted by molar-refractivity contribution is -0.133. The zero-order valence-electron chi connectivity index (χ0n) is 20.2. The van der Waals surface area contributed by atoms with Crippen molar-refractivity contribution in [2.45, 2.75) is 32.2 Å². The molecule has 0 saturated carbocycles. The molecule has 2 aromatic heterocycles. The third-order valence-corrected chi connectivity index (χ3v) is 6.69. The van der Waals surface area contributed by atoms with Crippen LogP contribution in [-0.4, -0.2) is 64.4 Å². The quantitative estimate of drug-likeness (QED) is 0.507. The lowest BCUT2D eigenvalue weighted by Gasteiger charge is -2.30. The largest absolute Gasteiger partial charge is 0.382 e. The third kappa shape index (κ3) is 5.36. The minimum atomic E-state index is -0.204. The molecule has 3 aromatic rings. The molecule has 36 heavy (non-hydrogen) atoms. The number of benzene rings is 1. The van der Waals surface area contributed by atoms with Crippen molar-refractivity contribution in [3.05, 3.63) is 65.7 Å². The van der Waals surface area contributed by atoms with Gasteiger partial charge in [0.2, 0.25) is 5.91 Å². The highest BCUT2D eigenvalue weighted by Gasteiger charge is 2.21. The number of pyridine rings is 1. The van der Waals surface area contributed by atoms with Crippen LogP contribution in [-0.2, 0) is 22.5 Å². The van der Waals surface area contributed by atoms with Crippen molar-refractivity contribution in [1.29, 1.82) is 0 Å². The van der Waals surface area contributed by atoms with Crippen LogP contribution in [0.25, 0.3) is 11.3 Å². The van der Waals surface area contributed by atoms with Gasteiger partial charge in [0.25, 0.3) is 0 Å². The summed E-state index contributed by atoms with van der Waals surface area (Å²) in [5.74, 6) is 0.119. The predicted molar refractivity (Wildman–Crippen MR) is 136 cm³/mol. The standard InChI is InChI=1S/C27H30N6O3/c28-27-26(24(34)15-21-16-29-9-8-23(21)32-11-13-36-14-12-32)31-22(17-30-27)20-6-4-19(5-7-20)18-33-10-2-1-3-25(33)35/h4-9,16-17H,1-3,10-15,18H2,(H2,28,30). The zero-order valence-corrected chi connectivity index (χ0v) is 20.2. The van der Waals surface area contributed by atoms with Gasteiger partial charge in [0.05, 0.1) is 25.1 Å². The molecular formula is C27H30N6O3.